The number of ketones is 2. The predicted octanol–water partition coefficient (Wildman–Crippen LogP) is 2.14. The minimum Gasteiger partial charge on any atom is -0.450 e. The quantitative estimate of drug-likeness (QED) is 0.602. The predicted molar refractivity (Wildman–Crippen MR) is 115 cm³/mol. The van der Waals surface area contributed by atoms with Gasteiger partial charge < -0.3 is 19.7 Å². The summed E-state index contributed by atoms with van der Waals surface area (Å²) in [6.07, 6.45) is 7.45. The fourth-order valence-corrected chi connectivity index (χ4v) is 7.55. The SMILES string of the molecule is COCCC(=O)O[C@]1(C(=O)CO)CC[C@H]2[C@@H]3CCC4=CC(=O)C=C[C@]4(C)[C@H]3C(O)C[C@@]21C. The van der Waals surface area contributed by atoms with Crippen molar-refractivity contribution in [1.29, 1.82) is 0 Å². The first-order valence-corrected chi connectivity index (χ1v) is 11.6. The molecule has 0 heterocycles. The molecule has 0 amide bonds. The monoisotopic (exact) mass is 446 g/mol. The molecule has 4 aliphatic rings. The summed E-state index contributed by atoms with van der Waals surface area (Å²) in [5.74, 6) is -0.927. The molecule has 4 rings (SSSR count). The number of hydrogen-bond donors (Lipinski definition) is 2. The molecule has 7 nitrogen and oxygen atoms in total. The molecule has 0 aromatic heterocycles. The average molecular weight is 447 g/mol. The zero-order valence-corrected chi connectivity index (χ0v) is 19.1. The molecule has 0 spiro atoms. The molecule has 0 aromatic carbocycles. The molecule has 1 unspecified atom stereocenters. The first-order valence-electron chi connectivity index (χ1n) is 11.6. The van der Waals surface area contributed by atoms with Crippen LogP contribution in [0.5, 0.6) is 0 Å². The van der Waals surface area contributed by atoms with Crippen LogP contribution in [0.2, 0.25) is 0 Å². The Kier molecular flexibility index (Phi) is 5.97. The Balaban J connectivity index is 1.70. The topological polar surface area (TPSA) is 110 Å². The van der Waals surface area contributed by atoms with Crippen LogP contribution in [-0.2, 0) is 23.9 Å². The number of Topliss-reactive ketones (excluding diaryl/α,β-unsaturated/α-hetero) is 1. The molecule has 0 aromatic rings. The van der Waals surface area contributed by atoms with Gasteiger partial charge in [0.05, 0.1) is 19.1 Å². The van der Waals surface area contributed by atoms with Crippen molar-refractivity contribution >= 4 is 17.5 Å². The van der Waals surface area contributed by atoms with Gasteiger partial charge >= 0.3 is 5.97 Å². The smallest absolute Gasteiger partial charge is 0.309 e. The molecule has 0 saturated heterocycles. The summed E-state index contributed by atoms with van der Waals surface area (Å²) >= 11 is 0. The molecule has 4 aliphatic carbocycles. The summed E-state index contributed by atoms with van der Waals surface area (Å²) < 4.78 is 10.9. The molecule has 176 valence electrons. The van der Waals surface area contributed by atoms with E-state index in [1.807, 2.05) is 13.0 Å². The van der Waals surface area contributed by atoms with Crippen molar-refractivity contribution in [2.45, 2.75) is 64.1 Å². The molecule has 7 heteroatoms. The third-order valence-electron chi connectivity index (χ3n) is 9.01. The number of aliphatic hydroxyl groups is 2. The van der Waals surface area contributed by atoms with Crippen LogP contribution in [0.3, 0.4) is 0 Å². The maximum atomic E-state index is 13.1. The van der Waals surface area contributed by atoms with Crippen LogP contribution >= 0.6 is 0 Å². The van der Waals surface area contributed by atoms with Crippen molar-refractivity contribution in [3.63, 3.8) is 0 Å². The number of hydrogen-bond acceptors (Lipinski definition) is 7. The lowest BCUT2D eigenvalue weighted by atomic mass is 9.46. The van der Waals surface area contributed by atoms with Crippen LogP contribution < -0.4 is 0 Å². The van der Waals surface area contributed by atoms with Crippen molar-refractivity contribution in [3.05, 3.63) is 23.8 Å². The standard InChI is InChI=1S/C25H34O7/c1-23-9-6-16(27)12-15(23)4-5-17-18-7-10-25(20(29)14-26,32-21(30)8-11-31-3)24(18,2)13-19(28)22(17)23/h6,9,12,17-19,22,26,28H,4-5,7-8,10-11,13-14H2,1-3H3/t17-,18-,19?,22+,23-,24-,25-/m0/s1. The largest absolute Gasteiger partial charge is 0.450 e. The first-order chi connectivity index (χ1) is 15.1. The Hall–Kier alpha value is -1.83. The minimum atomic E-state index is -1.45. The van der Waals surface area contributed by atoms with E-state index >= 15 is 0 Å². The molecule has 7 atom stereocenters. The van der Waals surface area contributed by atoms with Gasteiger partial charge in [0.15, 0.2) is 11.4 Å². The summed E-state index contributed by atoms with van der Waals surface area (Å²) in [6, 6.07) is 0. The fraction of sp³-hybridized carbons (Fsp3) is 0.720. The minimum absolute atomic E-state index is 0.0116. The normalized spacial score (nSPS) is 42.5. The lowest BCUT2D eigenvalue weighted by Crippen LogP contribution is -2.63. The Morgan fingerprint density at radius 1 is 1.25 bits per heavy atom. The van der Waals surface area contributed by atoms with E-state index in [1.54, 1.807) is 12.2 Å². The van der Waals surface area contributed by atoms with E-state index in [-0.39, 0.29) is 36.6 Å². The molecular weight excluding hydrogens is 412 g/mol. The van der Waals surface area contributed by atoms with Crippen LogP contribution in [0, 0.1) is 28.6 Å². The van der Waals surface area contributed by atoms with Crippen molar-refractivity contribution in [2.24, 2.45) is 28.6 Å². The van der Waals surface area contributed by atoms with Gasteiger partial charge in [-0.05, 0) is 56.1 Å². The van der Waals surface area contributed by atoms with E-state index in [9.17, 15) is 24.6 Å². The van der Waals surface area contributed by atoms with Crippen molar-refractivity contribution in [2.75, 3.05) is 20.3 Å². The second-order valence-corrected chi connectivity index (χ2v) is 10.4. The van der Waals surface area contributed by atoms with Crippen LogP contribution in [0.25, 0.3) is 0 Å². The average Bonchev–Trinajstić information content (AvgIpc) is 3.04. The van der Waals surface area contributed by atoms with Crippen molar-refractivity contribution in [3.8, 4) is 0 Å². The Labute approximate surface area is 188 Å². The van der Waals surface area contributed by atoms with Gasteiger partial charge in [-0.3, -0.25) is 14.4 Å². The van der Waals surface area contributed by atoms with Gasteiger partial charge in [0.25, 0.3) is 0 Å². The lowest BCUT2D eigenvalue weighted by Gasteiger charge is -2.59. The summed E-state index contributed by atoms with van der Waals surface area (Å²) in [4.78, 5) is 37.7. The maximum absolute atomic E-state index is 13.1. The zero-order valence-electron chi connectivity index (χ0n) is 19.1. The number of aliphatic hydroxyl groups excluding tert-OH is 2. The molecule has 0 bridgehead atoms. The van der Waals surface area contributed by atoms with Gasteiger partial charge in [-0.15, -0.1) is 0 Å². The van der Waals surface area contributed by atoms with E-state index in [1.165, 1.54) is 7.11 Å². The van der Waals surface area contributed by atoms with Crippen molar-refractivity contribution < 1.29 is 34.1 Å². The number of carbonyl (C=O) groups is 3. The van der Waals surface area contributed by atoms with Crippen LogP contribution in [-0.4, -0.2) is 59.8 Å². The molecule has 32 heavy (non-hydrogen) atoms. The van der Waals surface area contributed by atoms with Crippen molar-refractivity contribution in [1.82, 2.24) is 0 Å². The lowest BCUT2D eigenvalue weighted by molar-refractivity contribution is -0.200. The molecule has 3 fully saturated rings. The Bertz CT molecular complexity index is 876. The highest BCUT2D eigenvalue weighted by Crippen LogP contribution is 2.67. The summed E-state index contributed by atoms with van der Waals surface area (Å²) in [6.45, 7) is 3.51. The van der Waals surface area contributed by atoms with E-state index in [0.29, 0.717) is 19.3 Å². The number of fused-ring (bicyclic) bond motifs is 5. The molecule has 0 aliphatic heterocycles. The maximum Gasteiger partial charge on any atom is 0.309 e. The third-order valence-corrected chi connectivity index (χ3v) is 9.01. The Morgan fingerprint density at radius 2 is 2.00 bits per heavy atom. The van der Waals surface area contributed by atoms with E-state index < -0.39 is 40.9 Å². The molecule has 2 N–H and O–H groups in total. The van der Waals surface area contributed by atoms with Crippen LogP contribution in [0.4, 0.5) is 0 Å². The number of ether oxygens (including phenoxy) is 2. The van der Waals surface area contributed by atoms with Gasteiger partial charge in [0.1, 0.15) is 6.61 Å². The second kappa shape index (κ2) is 8.19. The fourth-order valence-electron chi connectivity index (χ4n) is 7.55. The van der Waals surface area contributed by atoms with Crippen LogP contribution in [0.15, 0.2) is 23.8 Å². The van der Waals surface area contributed by atoms with Gasteiger partial charge in [-0.2, -0.15) is 0 Å². The zero-order chi connectivity index (χ0) is 23.3. The number of rotatable bonds is 6. The third kappa shape index (κ3) is 3.24. The van der Waals surface area contributed by atoms with E-state index in [0.717, 1.165) is 18.4 Å². The summed E-state index contributed by atoms with van der Waals surface area (Å²) in [5.41, 5.74) is -1.56. The number of allylic oxidation sites excluding steroid dienone is 4. The number of esters is 1. The molecule has 0 radical (unpaired) electrons. The molecular formula is C25H34O7. The number of methoxy groups -OCH3 is 1. The first kappa shape index (κ1) is 23.3. The van der Waals surface area contributed by atoms with Gasteiger partial charge in [0, 0.05) is 23.9 Å². The highest BCUT2D eigenvalue weighted by Gasteiger charge is 2.70. The summed E-state index contributed by atoms with van der Waals surface area (Å²) in [7, 11) is 1.49. The van der Waals surface area contributed by atoms with Gasteiger partial charge in [-0.1, -0.05) is 25.5 Å². The Morgan fingerprint density at radius 3 is 2.69 bits per heavy atom. The highest BCUT2D eigenvalue weighted by atomic mass is 16.6. The second-order valence-electron chi connectivity index (χ2n) is 10.4. The highest BCUT2D eigenvalue weighted by molar-refractivity contribution is 6.01. The van der Waals surface area contributed by atoms with E-state index in [4.69, 9.17) is 9.47 Å². The summed E-state index contributed by atoms with van der Waals surface area (Å²) in [5, 5.41) is 21.3. The molecule has 3 saturated carbocycles. The van der Waals surface area contributed by atoms with Gasteiger partial charge in [0.2, 0.25) is 5.78 Å². The number of carbonyl (C=O) groups excluding carboxylic acids is 3. The van der Waals surface area contributed by atoms with Gasteiger partial charge in [-0.25, -0.2) is 0 Å². The van der Waals surface area contributed by atoms with E-state index in [2.05, 4.69) is 6.92 Å². The van der Waals surface area contributed by atoms with Crippen LogP contribution in [0.1, 0.15) is 52.4 Å².